The van der Waals surface area contributed by atoms with E-state index in [-0.39, 0.29) is 5.56 Å². The van der Waals surface area contributed by atoms with Crippen LogP contribution in [0, 0.1) is 0 Å². The maximum Gasteiger partial charge on any atom is 0.251 e. The Morgan fingerprint density at radius 2 is 2.25 bits per heavy atom. The SMILES string of the molecule is O=c1cccc(Cl)n1CCCF. The molecule has 12 heavy (non-hydrogen) atoms. The fraction of sp³-hybridized carbons (Fsp3) is 0.375. The molecule has 1 aromatic heterocycles. The van der Waals surface area contributed by atoms with Crippen molar-refractivity contribution in [2.24, 2.45) is 0 Å². The van der Waals surface area contributed by atoms with E-state index in [9.17, 15) is 9.18 Å². The van der Waals surface area contributed by atoms with Crippen LogP contribution in [0.5, 0.6) is 0 Å². The van der Waals surface area contributed by atoms with Crippen molar-refractivity contribution in [2.45, 2.75) is 13.0 Å². The molecule has 0 amide bonds. The first-order valence-electron chi connectivity index (χ1n) is 3.67. The van der Waals surface area contributed by atoms with E-state index in [0.717, 1.165) is 0 Å². The van der Waals surface area contributed by atoms with Crippen molar-refractivity contribution in [3.8, 4) is 0 Å². The minimum atomic E-state index is -0.433. The van der Waals surface area contributed by atoms with Gasteiger partial charge in [0.15, 0.2) is 0 Å². The summed E-state index contributed by atoms with van der Waals surface area (Å²) in [5.41, 5.74) is -0.184. The van der Waals surface area contributed by atoms with Crippen molar-refractivity contribution in [1.29, 1.82) is 0 Å². The van der Waals surface area contributed by atoms with Crippen LogP contribution in [0.25, 0.3) is 0 Å². The van der Waals surface area contributed by atoms with Crippen molar-refractivity contribution in [1.82, 2.24) is 4.57 Å². The van der Waals surface area contributed by atoms with Crippen LogP contribution in [0.4, 0.5) is 4.39 Å². The molecule has 1 rings (SSSR count). The van der Waals surface area contributed by atoms with Gasteiger partial charge in [-0.15, -0.1) is 0 Å². The summed E-state index contributed by atoms with van der Waals surface area (Å²) in [6.07, 6.45) is 0.323. The van der Waals surface area contributed by atoms with E-state index in [1.165, 1.54) is 10.6 Å². The third kappa shape index (κ3) is 2.08. The van der Waals surface area contributed by atoms with Crippen LogP contribution in [0.2, 0.25) is 5.15 Å². The van der Waals surface area contributed by atoms with Crippen LogP contribution in [-0.2, 0) is 6.54 Å². The van der Waals surface area contributed by atoms with E-state index in [2.05, 4.69) is 0 Å². The van der Waals surface area contributed by atoms with Gasteiger partial charge in [-0.1, -0.05) is 17.7 Å². The van der Waals surface area contributed by atoms with Crippen molar-refractivity contribution in [2.75, 3.05) is 6.67 Å². The van der Waals surface area contributed by atoms with Crippen molar-refractivity contribution in [3.63, 3.8) is 0 Å². The van der Waals surface area contributed by atoms with Crippen LogP contribution in [-0.4, -0.2) is 11.2 Å². The second kappa shape index (κ2) is 4.26. The van der Waals surface area contributed by atoms with Gasteiger partial charge in [-0.2, -0.15) is 0 Å². The number of aromatic nitrogens is 1. The Morgan fingerprint density at radius 3 is 2.83 bits per heavy atom. The summed E-state index contributed by atoms with van der Waals surface area (Å²) in [7, 11) is 0. The third-order valence-electron chi connectivity index (χ3n) is 1.51. The van der Waals surface area contributed by atoms with Gasteiger partial charge in [-0.3, -0.25) is 13.8 Å². The number of hydrogen-bond donors (Lipinski definition) is 0. The lowest BCUT2D eigenvalue weighted by Crippen LogP contribution is -2.19. The highest BCUT2D eigenvalue weighted by molar-refractivity contribution is 6.29. The van der Waals surface area contributed by atoms with Gasteiger partial charge < -0.3 is 0 Å². The topological polar surface area (TPSA) is 22.0 Å². The Bertz CT molecular complexity index is 310. The van der Waals surface area contributed by atoms with Crippen molar-refractivity contribution < 1.29 is 4.39 Å². The van der Waals surface area contributed by atoms with Crippen LogP contribution < -0.4 is 5.56 Å². The van der Waals surface area contributed by atoms with Crippen molar-refractivity contribution >= 4 is 11.6 Å². The molecule has 0 aliphatic carbocycles. The van der Waals surface area contributed by atoms with Gasteiger partial charge >= 0.3 is 0 Å². The molecule has 4 heteroatoms. The normalized spacial score (nSPS) is 10.2. The van der Waals surface area contributed by atoms with Crippen LogP contribution >= 0.6 is 11.6 Å². The summed E-state index contributed by atoms with van der Waals surface area (Å²) in [6, 6.07) is 4.60. The minimum absolute atomic E-state index is 0.184. The van der Waals surface area contributed by atoms with Gasteiger partial charge in [0.2, 0.25) is 0 Å². The number of alkyl halides is 1. The lowest BCUT2D eigenvalue weighted by Gasteiger charge is -2.04. The zero-order valence-electron chi connectivity index (χ0n) is 6.46. The molecular weight excluding hydrogens is 181 g/mol. The highest BCUT2D eigenvalue weighted by atomic mass is 35.5. The standard InChI is InChI=1S/C8H9ClFNO/c9-7-3-1-4-8(12)11(7)6-2-5-10/h1,3-4H,2,5-6H2. The van der Waals surface area contributed by atoms with Gasteiger partial charge in [-0.25, -0.2) is 0 Å². The second-order valence-electron chi connectivity index (χ2n) is 2.38. The van der Waals surface area contributed by atoms with E-state index in [1.54, 1.807) is 12.1 Å². The fourth-order valence-electron chi connectivity index (χ4n) is 0.930. The average molecular weight is 190 g/mol. The van der Waals surface area contributed by atoms with Gasteiger partial charge in [0.05, 0.1) is 6.67 Å². The van der Waals surface area contributed by atoms with Crippen LogP contribution in [0.3, 0.4) is 0 Å². The molecule has 1 aromatic rings. The van der Waals surface area contributed by atoms with E-state index >= 15 is 0 Å². The predicted octanol–water partition coefficient (Wildman–Crippen LogP) is 1.86. The highest BCUT2D eigenvalue weighted by Gasteiger charge is 1.98. The molecule has 0 aliphatic heterocycles. The highest BCUT2D eigenvalue weighted by Crippen LogP contribution is 2.04. The number of hydrogen-bond acceptors (Lipinski definition) is 1. The van der Waals surface area contributed by atoms with E-state index in [0.29, 0.717) is 18.1 Å². The Morgan fingerprint density at radius 1 is 1.50 bits per heavy atom. The molecule has 0 aliphatic rings. The summed E-state index contributed by atoms with van der Waals surface area (Å²) in [5.74, 6) is 0. The van der Waals surface area contributed by atoms with E-state index in [4.69, 9.17) is 11.6 Å². The molecule has 0 atom stereocenters. The molecule has 1 heterocycles. The first-order valence-corrected chi connectivity index (χ1v) is 4.05. The molecule has 66 valence electrons. The van der Waals surface area contributed by atoms with Crippen molar-refractivity contribution in [3.05, 3.63) is 33.7 Å². The Kier molecular flexibility index (Phi) is 3.29. The second-order valence-corrected chi connectivity index (χ2v) is 2.77. The molecule has 0 saturated heterocycles. The summed E-state index contributed by atoms with van der Waals surface area (Å²) >= 11 is 5.71. The van der Waals surface area contributed by atoms with Crippen LogP contribution in [0.1, 0.15) is 6.42 Å². The minimum Gasteiger partial charge on any atom is -0.299 e. The molecule has 0 fully saturated rings. The first-order chi connectivity index (χ1) is 5.75. The zero-order valence-corrected chi connectivity index (χ0v) is 7.22. The number of nitrogens with zero attached hydrogens (tertiary/aromatic N) is 1. The quantitative estimate of drug-likeness (QED) is 0.666. The first kappa shape index (κ1) is 9.26. The lowest BCUT2D eigenvalue weighted by atomic mass is 10.4. The Labute approximate surface area is 74.6 Å². The Balaban J connectivity index is 2.89. The summed E-state index contributed by atoms with van der Waals surface area (Å²) in [5, 5.41) is 0.357. The maximum absolute atomic E-state index is 11.8. The van der Waals surface area contributed by atoms with E-state index < -0.39 is 6.67 Å². The Hall–Kier alpha value is -0.830. The number of rotatable bonds is 3. The maximum atomic E-state index is 11.8. The van der Waals surface area contributed by atoms with Crippen LogP contribution in [0.15, 0.2) is 23.0 Å². The lowest BCUT2D eigenvalue weighted by molar-refractivity contribution is 0.444. The molecule has 0 aromatic carbocycles. The van der Waals surface area contributed by atoms with Gasteiger partial charge in [-0.05, 0) is 12.5 Å². The largest absolute Gasteiger partial charge is 0.299 e. The summed E-state index contributed by atoms with van der Waals surface area (Å²) < 4.78 is 13.1. The molecule has 0 N–H and O–H groups in total. The average Bonchev–Trinajstić information content (AvgIpc) is 2.04. The number of pyridine rings is 1. The predicted molar refractivity (Wildman–Crippen MR) is 46.3 cm³/mol. The smallest absolute Gasteiger partial charge is 0.251 e. The molecular formula is C8H9ClFNO. The molecule has 0 bridgehead atoms. The zero-order chi connectivity index (χ0) is 8.97. The number of halogens is 2. The summed E-state index contributed by atoms with van der Waals surface area (Å²) in [4.78, 5) is 11.1. The molecule has 0 spiro atoms. The molecule has 0 saturated carbocycles. The van der Waals surface area contributed by atoms with Gasteiger partial charge in [0.25, 0.3) is 5.56 Å². The molecule has 0 radical (unpaired) electrons. The van der Waals surface area contributed by atoms with Gasteiger partial charge in [0, 0.05) is 12.6 Å². The molecule has 0 unspecified atom stereocenters. The summed E-state index contributed by atoms with van der Waals surface area (Å²) in [6.45, 7) is -0.0906. The fourth-order valence-corrected chi connectivity index (χ4v) is 1.17. The van der Waals surface area contributed by atoms with E-state index in [1.807, 2.05) is 0 Å². The van der Waals surface area contributed by atoms with Gasteiger partial charge in [0.1, 0.15) is 5.15 Å². The third-order valence-corrected chi connectivity index (χ3v) is 1.84. The molecule has 2 nitrogen and oxygen atoms in total. The monoisotopic (exact) mass is 189 g/mol.